The van der Waals surface area contributed by atoms with Gasteiger partial charge in [0.25, 0.3) is 17.7 Å². The number of benzene rings is 2. The van der Waals surface area contributed by atoms with Crippen molar-refractivity contribution < 1.29 is 38.6 Å². The lowest BCUT2D eigenvalue weighted by atomic mass is 10.0. The molecule has 0 aromatic heterocycles. The van der Waals surface area contributed by atoms with Crippen LogP contribution in [0.2, 0.25) is 0 Å². The molecule has 1 fully saturated rings. The van der Waals surface area contributed by atoms with E-state index in [2.05, 4.69) is 21.4 Å². The van der Waals surface area contributed by atoms with E-state index in [4.69, 9.17) is 10.5 Å². The highest BCUT2D eigenvalue weighted by molar-refractivity contribution is 5.98. The van der Waals surface area contributed by atoms with Crippen LogP contribution in [0.15, 0.2) is 60.7 Å². The van der Waals surface area contributed by atoms with Gasteiger partial charge in [-0.15, -0.1) is 0 Å². The lowest BCUT2D eigenvalue weighted by Gasteiger charge is -2.26. The number of carboxylic acid groups (broad SMARTS) is 1. The number of nitrogens with one attached hydrogen (secondary N) is 4. The van der Waals surface area contributed by atoms with E-state index >= 15 is 0 Å². The molecule has 0 spiro atoms. The van der Waals surface area contributed by atoms with E-state index < -0.39 is 72.4 Å². The van der Waals surface area contributed by atoms with E-state index in [0.29, 0.717) is 11.6 Å². The summed E-state index contributed by atoms with van der Waals surface area (Å²) in [6, 6.07) is 15.9. The Bertz CT molecular complexity index is 1370. The molecule has 1 heterocycles. The number of epoxide rings is 1. The molecule has 0 bridgehead atoms. The number of carboxylic acids is 1. The fourth-order valence-corrected chi connectivity index (χ4v) is 4.71. The first-order valence-corrected chi connectivity index (χ1v) is 15.1. The number of hydrogen-bond acceptors (Lipinski definition) is 8. The third-order valence-electron chi connectivity index (χ3n) is 7.29. The Balaban J connectivity index is 1.53. The molecular weight excluding hydrogens is 596 g/mol. The van der Waals surface area contributed by atoms with Crippen molar-refractivity contribution in [2.45, 2.75) is 70.4 Å². The van der Waals surface area contributed by atoms with Crippen LogP contribution in [0, 0.1) is 5.92 Å². The second-order valence-corrected chi connectivity index (χ2v) is 11.4. The van der Waals surface area contributed by atoms with Crippen LogP contribution in [-0.4, -0.2) is 89.0 Å². The summed E-state index contributed by atoms with van der Waals surface area (Å²) >= 11 is 0. The summed E-state index contributed by atoms with van der Waals surface area (Å²) in [7, 11) is 0. The van der Waals surface area contributed by atoms with E-state index in [-0.39, 0.29) is 12.3 Å². The average molecular weight is 639 g/mol. The molecule has 14 nitrogen and oxygen atoms in total. The summed E-state index contributed by atoms with van der Waals surface area (Å²) in [5.41, 5.74) is 9.57. The second kappa shape index (κ2) is 17.0. The van der Waals surface area contributed by atoms with E-state index in [1.165, 1.54) is 12.5 Å². The van der Waals surface area contributed by atoms with E-state index in [9.17, 15) is 33.9 Å². The molecule has 3 unspecified atom stereocenters. The number of aryl methyl sites for hydroxylation is 1. The van der Waals surface area contributed by atoms with Gasteiger partial charge in [-0.1, -0.05) is 74.5 Å². The number of hydrogen-bond donors (Lipinski definition) is 6. The van der Waals surface area contributed by atoms with Crippen molar-refractivity contribution in [1.29, 1.82) is 0 Å². The van der Waals surface area contributed by atoms with Crippen LogP contribution in [0.25, 0.3) is 0 Å². The van der Waals surface area contributed by atoms with Crippen molar-refractivity contribution in [3.8, 4) is 0 Å². The van der Waals surface area contributed by atoms with Gasteiger partial charge >= 0.3 is 5.97 Å². The number of rotatable bonds is 17. The molecule has 2 aromatic carbocycles. The van der Waals surface area contributed by atoms with Gasteiger partial charge in [0, 0.05) is 6.42 Å². The lowest BCUT2D eigenvalue weighted by Crippen LogP contribution is -2.58. The first-order valence-electron chi connectivity index (χ1n) is 15.1. The van der Waals surface area contributed by atoms with Gasteiger partial charge in [-0.3, -0.25) is 34.2 Å². The molecule has 1 aliphatic heterocycles. The van der Waals surface area contributed by atoms with Gasteiger partial charge < -0.3 is 31.5 Å². The van der Waals surface area contributed by atoms with Crippen molar-refractivity contribution in [2.75, 3.05) is 13.1 Å². The van der Waals surface area contributed by atoms with Gasteiger partial charge in [0.05, 0.1) is 6.04 Å². The zero-order chi connectivity index (χ0) is 33.8. The van der Waals surface area contributed by atoms with Crippen molar-refractivity contribution in [3.63, 3.8) is 0 Å². The summed E-state index contributed by atoms with van der Waals surface area (Å²) in [6.07, 6.45) is -0.991. The van der Waals surface area contributed by atoms with Crippen molar-refractivity contribution in [1.82, 2.24) is 26.4 Å². The standard InChI is InChI=1S/C32H42N6O8/c1-19(2)25(34-16-10-15-21-11-6-4-7-12-21)30(43)35-20(3)29(42)37-38(18-24(39)40)32(45)27-26(46-27)31(44)36-23(28(33)41)17-22-13-8-5-9-14-22/h4-9,11-14,19-20,23,25-27,34H,10,15-18H2,1-3H3,(H2,33,41)(H,35,43)(H,36,44)(H,37,42)(H,39,40)/t20?,23?,25?,26-,27-/m0/s1. The van der Waals surface area contributed by atoms with Crippen LogP contribution in [-0.2, 0) is 46.3 Å². The van der Waals surface area contributed by atoms with Gasteiger partial charge in [-0.2, -0.15) is 0 Å². The Morgan fingerprint density at radius 2 is 1.48 bits per heavy atom. The molecule has 248 valence electrons. The normalized spacial score (nSPS) is 17.2. The average Bonchev–Trinajstić information content (AvgIpc) is 3.81. The van der Waals surface area contributed by atoms with Crippen LogP contribution in [0.4, 0.5) is 0 Å². The van der Waals surface area contributed by atoms with Gasteiger partial charge in [0.15, 0.2) is 12.2 Å². The van der Waals surface area contributed by atoms with Crippen molar-refractivity contribution in [2.24, 2.45) is 11.7 Å². The molecule has 0 saturated carbocycles. The summed E-state index contributed by atoms with van der Waals surface area (Å²) < 4.78 is 5.20. The zero-order valence-corrected chi connectivity index (χ0v) is 26.1. The first kappa shape index (κ1) is 35.7. The highest BCUT2D eigenvalue weighted by atomic mass is 16.6. The van der Waals surface area contributed by atoms with E-state index in [1.54, 1.807) is 30.3 Å². The summed E-state index contributed by atoms with van der Waals surface area (Å²) in [5.74, 6) is -5.41. The van der Waals surface area contributed by atoms with Crippen LogP contribution < -0.4 is 27.1 Å². The Morgan fingerprint density at radius 3 is 2.04 bits per heavy atom. The molecular formula is C32H42N6O8. The molecule has 5 amide bonds. The summed E-state index contributed by atoms with van der Waals surface area (Å²) in [6.45, 7) is 4.75. The maximum absolute atomic E-state index is 13.0. The van der Waals surface area contributed by atoms with Crippen LogP contribution in [0.1, 0.15) is 38.3 Å². The minimum atomic E-state index is -1.44. The van der Waals surface area contributed by atoms with E-state index in [0.717, 1.165) is 18.4 Å². The molecule has 1 saturated heterocycles. The second-order valence-electron chi connectivity index (χ2n) is 11.4. The topological polar surface area (TPSA) is 213 Å². The number of aliphatic carboxylic acids is 1. The molecule has 2 aromatic rings. The number of ether oxygens (including phenoxy) is 1. The zero-order valence-electron chi connectivity index (χ0n) is 26.1. The number of carbonyl (C=O) groups is 6. The summed E-state index contributed by atoms with van der Waals surface area (Å²) in [5, 5.41) is 18.1. The fourth-order valence-electron chi connectivity index (χ4n) is 4.71. The smallest absolute Gasteiger partial charge is 0.325 e. The summed E-state index contributed by atoms with van der Waals surface area (Å²) in [4.78, 5) is 75.2. The Morgan fingerprint density at radius 1 is 0.870 bits per heavy atom. The molecule has 0 radical (unpaired) electrons. The molecule has 1 aliphatic rings. The number of carbonyl (C=O) groups excluding carboxylic acids is 5. The number of primary amides is 1. The molecule has 46 heavy (non-hydrogen) atoms. The first-order chi connectivity index (χ1) is 21.9. The van der Waals surface area contributed by atoms with Crippen LogP contribution in [0.3, 0.4) is 0 Å². The van der Waals surface area contributed by atoms with Gasteiger partial charge in [-0.25, -0.2) is 5.01 Å². The van der Waals surface area contributed by atoms with Gasteiger partial charge in [0.1, 0.15) is 18.6 Å². The molecule has 3 rings (SSSR count). The monoisotopic (exact) mass is 638 g/mol. The van der Waals surface area contributed by atoms with Crippen LogP contribution in [0.5, 0.6) is 0 Å². The Kier molecular flexibility index (Phi) is 13.2. The number of amides is 5. The van der Waals surface area contributed by atoms with Crippen LogP contribution >= 0.6 is 0 Å². The quantitative estimate of drug-likeness (QED) is 0.0759. The molecule has 5 atom stereocenters. The third kappa shape index (κ3) is 11.0. The van der Waals surface area contributed by atoms with Gasteiger partial charge in [-0.05, 0) is 43.4 Å². The largest absolute Gasteiger partial charge is 0.480 e. The highest BCUT2D eigenvalue weighted by Gasteiger charge is 2.53. The molecule has 7 N–H and O–H groups in total. The van der Waals surface area contributed by atoms with Crippen molar-refractivity contribution in [3.05, 3.63) is 71.8 Å². The Labute approximate surface area is 267 Å². The SMILES string of the molecule is CC(NC(=O)C(NCCCc1ccccc1)C(C)C)C(=O)NN(CC(=O)O)C(=O)[C@H]1O[C@@H]1C(=O)NC(Cc1ccccc1)C(N)=O. The maximum Gasteiger partial charge on any atom is 0.325 e. The highest BCUT2D eigenvalue weighted by Crippen LogP contribution is 2.24. The number of nitrogens with two attached hydrogens (primary N) is 1. The van der Waals surface area contributed by atoms with Gasteiger partial charge in [0.2, 0.25) is 11.8 Å². The van der Waals surface area contributed by atoms with E-state index in [1.807, 2.05) is 44.2 Å². The minimum absolute atomic E-state index is 0.103. The maximum atomic E-state index is 13.0. The van der Waals surface area contributed by atoms with Crippen molar-refractivity contribution >= 4 is 35.5 Å². The molecule has 0 aliphatic carbocycles. The fraction of sp³-hybridized carbons (Fsp3) is 0.438. The Hall–Kier alpha value is -4.82. The molecule has 14 heteroatoms. The lowest BCUT2D eigenvalue weighted by molar-refractivity contribution is -0.151. The third-order valence-corrected chi connectivity index (χ3v) is 7.29. The predicted octanol–water partition coefficient (Wildman–Crippen LogP) is -0.337. The predicted molar refractivity (Wildman–Crippen MR) is 166 cm³/mol. The number of nitrogens with zero attached hydrogens (tertiary/aromatic N) is 1. The minimum Gasteiger partial charge on any atom is -0.480 e. The number of hydrazine groups is 1.